The molecule has 10 heteroatoms. The Bertz CT molecular complexity index is 1100. The summed E-state index contributed by atoms with van der Waals surface area (Å²) in [7, 11) is 1.37. The van der Waals surface area contributed by atoms with Gasteiger partial charge in [-0.15, -0.1) is 0 Å². The molecule has 0 aliphatic rings. The summed E-state index contributed by atoms with van der Waals surface area (Å²) < 4.78 is 46.9. The molecule has 1 heterocycles. The van der Waals surface area contributed by atoms with E-state index in [1.807, 2.05) is 6.92 Å². The monoisotopic (exact) mass is 460 g/mol. The Labute approximate surface area is 188 Å². The third-order valence-corrected chi connectivity index (χ3v) is 4.74. The number of amides is 2. The molecule has 0 aliphatic heterocycles. The van der Waals surface area contributed by atoms with Gasteiger partial charge in [-0.25, -0.2) is 4.68 Å². The highest BCUT2D eigenvalue weighted by Crippen LogP contribution is 2.32. The van der Waals surface area contributed by atoms with Gasteiger partial charge in [0.15, 0.2) is 5.69 Å². The topological polar surface area (TPSA) is 76.5 Å². The molecule has 0 saturated heterocycles. The summed E-state index contributed by atoms with van der Waals surface area (Å²) in [6.45, 7) is 2.42. The lowest BCUT2D eigenvalue weighted by molar-refractivity contribution is -0.141. The van der Waals surface area contributed by atoms with Gasteiger partial charge in [-0.3, -0.25) is 9.59 Å². The first-order valence-corrected chi connectivity index (χ1v) is 10.2. The molecular weight excluding hydrogens is 437 g/mol. The van der Waals surface area contributed by atoms with Crippen LogP contribution in [0.1, 0.15) is 33.3 Å². The van der Waals surface area contributed by atoms with Gasteiger partial charge in [0.1, 0.15) is 5.75 Å². The molecule has 33 heavy (non-hydrogen) atoms. The van der Waals surface area contributed by atoms with E-state index in [0.717, 1.165) is 15.8 Å². The van der Waals surface area contributed by atoms with E-state index in [-0.39, 0.29) is 19.0 Å². The van der Waals surface area contributed by atoms with Crippen LogP contribution in [0.25, 0.3) is 5.69 Å². The first-order valence-electron chi connectivity index (χ1n) is 10.2. The Morgan fingerprint density at radius 1 is 1.09 bits per heavy atom. The van der Waals surface area contributed by atoms with E-state index in [1.54, 1.807) is 54.6 Å². The summed E-state index contributed by atoms with van der Waals surface area (Å²) in [4.78, 5) is 26.1. The molecule has 1 aromatic heterocycles. The number of nitrogens with one attached hydrogen (secondary N) is 1. The van der Waals surface area contributed by atoms with Crippen molar-refractivity contribution >= 4 is 11.8 Å². The lowest BCUT2D eigenvalue weighted by Gasteiger charge is -2.17. The van der Waals surface area contributed by atoms with Crippen LogP contribution in [0.2, 0.25) is 0 Å². The average molecular weight is 460 g/mol. The summed E-state index contributed by atoms with van der Waals surface area (Å²) in [5, 5.41) is 6.23. The van der Waals surface area contributed by atoms with Crippen molar-refractivity contribution in [3.05, 3.63) is 77.6 Å². The summed E-state index contributed by atoms with van der Waals surface area (Å²) in [5.41, 5.74) is -1.03. The van der Waals surface area contributed by atoms with Gasteiger partial charge in [-0.1, -0.05) is 18.2 Å². The van der Waals surface area contributed by atoms with Gasteiger partial charge < -0.3 is 15.0 Å². The quantitative estimate of drug-likeness (QED) is 0.555. The first kappa shape index (κ1) is 23.8. The average Bonchev–Trinajstić information content (AvgIpc) is 3.26. The zero-order chi connectivity index (χ0) is 24.0. The maximum absolute atomic E-state index is 13.5. The second-order valence-electron chi connectivity index (χ2n) is 7.11. The van der Waals surface area contributed by atoms with Crippen LogP contribution in [-0.2, 0) is 6.18 Å². The molecule has 0 saturated carbocycles. The van der Waals surface area contributed by atoms with Crippen molar-refractivity contribution in [1.29, 1.82) is 0 Å². The number of para-hydroxylation sites is 1. The molecule has 2 aromatic carbocycles. The Morgan fingerprint density at radius 2 is 1.76 bits per heavy atom. The van der Waals surface area contributed by atoms with Crippen molar-refractivity contribution in [3.8, 4) is 11.4 Å². The highest BCUT2D eigenvalue weighted by molar-refractivity contribution is 5.96. The van der Waals surface area contributed by atoms with E-state index in [2.05, 4.69) is 10.4 Å². The second-order valence-corrected chi connectivity index (χ2v) is 7.11. The highest BCUT2D eigenvalue weighted by atomic mass is 19.4. The van der Waals surface area contributed by atoms with Gasteiger partial charge in [0.05, 0.1) is 17.9 Å². The number of alkyl halides is 3. The van der Waals surface area contributed by atoms with Crippen molar-refractivity contribution in [2.45, 2.75) is 13.1 Å². The molecule has 1 N–H and O–H groups in total. The van der Waals surface area contributed by atoms with Crippen molar-refractivity contribution < 1.29 is 27.5 Å². The maximum atomic E-state index is 13.5. The van der Waals surface area contributed by atoms with E-state index < -0.39 is 23.3 Å². The number of halogens is 3. The van der Waals surface area contributed by atoms with Gasteiger partial charge in [0.25, 0.3) is 11.8 Å². The molecule has 0 unspecified atom stereocenters. The molecule has 7 nitrogen and oxygen atoms in total. The number of carbonyl (C=O) groups is 2. The minimum atomic E-state index is -4.80. The van der Waals surface area contributed by atoms with E-state index in [0.29, 0.717) is 23.6 Å². The first-order chi connectivity index (χ1) is 15.7. The number of hydrogen-bond donors (Lipinski definition) is 1. The Hall–Kier alpha value is -3.82. The normalized spacial score (nSPS) is 11.2. The van der Waals surface area contributed by atoms with Gasteiger partial charge in [0.2, 0.25) is 0 Å². The molecule has 0 spiro atoms. The van der Waals surface area contributed by atoms with E-state index in [9.17, 15) is 22.8 Å². The zero-order valence-electron chi connectivity index (χ0n) is 18.1. The molecule has 0 fully saturated rings. The molecule has 0 radical (unpaired) electrons. The second kappa shape index (κ2) is 10.2. The third kappa shape index (κ3) is 5.91. The van der Waals surface area contributed by atoms with Gasteiger partial charge >= 0.3 is 6.18 Å². The minimum Gasteiger partial charge on any atom is -0.494 e. The molecule has 3 rings (SSSR count). The largest absolute Gasteiger partial charge is 0.494 e. The van der Waals surface area contributed by atoms with Crippen LogP contribution >= 0.6 is 0 Å². The van der Waals surface area contributed by atoms with Gasteiger partial charge in [-0.2, -0.15) is 18.3 Å². The SMILES string of the molecule is CCOc1ccc(C(=O)NCCN(C)C(=O)c2cn(-c3ccccc3)nc2C(F)(F)F)cc1. The fourth-order valence-corrected chi connectivity index (χ4v) is 3.07. The van der Waals surface area contributed by atoms with Crippen LogP contribution in [0.15, 0.2) is 60.8 Å². The Morgan fingerprint density at radius 3 is 2.36 bits per heavy atom. The zero-order valence-corrected chi connectivity index (χ0v) is 18.1. The number of ether oxygens (including phenoxy) is 1. The van der Waals surface area contributed by atoms with E-state index >= 15 is 0 Å². The van der Waals surface area contributed by atoms with Crippen molar-refractivity contribution in [2.24, 2.45) is 0 Å². The smallest absolute Gasteiger partial charge is 0.435 e. The maximum Gasteiger partial charge on any atom is 0.435 e. The number of hydrogen-bond acceptors (Lipinski definition) is 4. The summed E-state index contributed by atoms with van der Waals surface area (Å²) in [5.74, 6) is -0.581. The number of rotatable bonds is 8. The molecule has 2 amide bonds. The predicted molar refractivity (Wildman–Crippen MR) is 115 cm³/mol. The van der Waals surface area contributed by atoms with Crippen molar-refractivity contribution in [3.63, 3.8) is 0 Å². The lowest BCUT2D eigenvalue weighted by Crippen LogP contribution is -2.36. The fourth-order valence-electron chi connectivity index (χ4n) is 3.07. The molecule has 0 aliphatic carbocycles. The minimum absolute atomic E-state index is 0.00934. The van der Waals surface area contributed by atoms with Gasteiger partial charge in [-0.05, 0) is 43.3 Å². The van der Waals surface area contributed by atoms with Crippen molar-refractivity contribution in [1.82, 2.24) is 20.0 Å². The number of benzene rings is 2. The lowest BCUT2D eigenvalue weighted by atomic mass is 10.2. The molecule has 3 aromatic rings. The number of carbonyl (C=O) groups excluding carboxylic acids is 2. The number of nitrogens with zero attached hydrogens (tertiary/aromatic N) is 3. The summed E-state index contributed by atoms with van der Waals surface area (Å²) in [6.07, 6.45) is -3.73. The third-order valence-electron chi connectivity index (χ3n) is 4.74. The Balaban J connectivity index is 1.65. The number of likely N-dealkylation sites (N-methyl/N-ethyl adjacent to an activating group) is 1. The standard InChI is InChI=1S/C23H23F3N4O3/c1-3-33-18-11-9-16(10-12-18)21(31)27-13-14-29(2)22(32)19-15-30(17-7-5-4-6-8-17)28-20(19)23(24,25)26/h4-12,15H,3,13-14H2,1-2H3,(H,27,31). The Kier molecular flexibility index (Phi) is 7.37. The van der Waals surface area contributed by atoms with Gasteiger partial charge in [0, 0.05) is 31.9 Å². The van der Waals surface area contributed by atoms with E-state index in [1.165, 1.54) is 7.05 Å². The summed E-state index contributed by atoms with van der Waals surface area (Å²) >= 11 is 0. The van der Waals surface area contributed by atoms with Crippen LogP contribution < -0.4 is 10.1 Å². The summed E-state index contributed by atoms with van der Waals surface area (Å²) in [6, 6.07) is 14.7. The van der Waals surface area contributed by atoms with E-state index in [4.69, 9.17) is 4.74 Å². The van der Waals surface area contributed by atoms with Crippen LogP contribution in [0, 0.1) is 0 Å². The molecule has 0 atom stereocenters. The van der Waals surface area contributed by atoms with Crippen LogP contribution in [0.5, 0.6) is 5.75 Å². The van der Waals surface area contributed by atoms with Crippen LogP contribution in [0.4, 0.5) is 13.2 Å². The number of aromatic nitrogens is 2. The molecule has 174 valence electrons. The highest BCUT2D eigenvalue weighted by Gasteiger charge is 2.40. The molecule has 0 bridgehead atoms. The molecular formula is C23H23F3N4O3. The van der Waals surface area contributed by atoms with Crippen LogP contribution in [-0.4, -0.2) is 53.2 Å². The van der Waals surface area contributed by atoms with Crippen molar-refractivity contribution in [2.75, 3.05) is 26.7 Å². The fraction of sp³-hybridized carbons (Fsp3) is 0.261. The predicted octanol–water partition coefficient (Wildman–Crippen LogP) is 3.79. The van der Waals surface area contributed by atoms with Crippen LogP contribution in [0.3, 0.4) is 0 Å².